The first-order valence-corrected chi connectivity index (χ1v) is 9.73. The van der Waals surface area contributed by atoms with E-state index < -0.39 is 0 Å². The summed E-state index contributed by atoms with van der Waals surface area (Å²) in [7, 11) is 0. The van der Waals surface area contributed by atoms with Crippen LogP contribution in [0, 0.1) is 5.82 Å². The third-order valence-electron chi connectivity index (χ3n) is 4.72. The molecule has 2 rings (SSSR count). The van der Waals surface area contributed by atoms with Gasteiger partial charge < -0.3 is 4.98 Å². The highest BCUT2D eigenvalue weighted by Gasteiger charge is 2.19. The molecule has 1 aromatic heterocycles. The van der Waals surface area contributed by atoms with Crippen molar-refractivity contribution in [2.75, 3.05) is 0 Å². The fourth-order valence-electron chi connectivity index (χ4n) is 3.32. The molecule has 3 heteroatoms. The molecular weight excluding hydrogens is 333 g/mol. The molecule has 0 radical (unpaired) electrons. The largest absolute Gasteiger partial charge is 0.358 e. The Morgan fingerprint density at radius 3 is 2.68 bits per heavy atom. The van der Waals surface area contributed by atoms with Gasteiger partial charge in [-0.2, -0.15) is 0 Å². The summed E-state index contributed by atoms with van der Waals surface area (Å²) in [6, 6.07) is 3.30. The Morgan fingerprint density at radius 1 is 1.28 bits per heavy atom. The Labute approximate surface area is 156 Å². The van der Waals surface area contributed by atoms with Crippen LogP contribution in [-0.4, -0.2) is 4.98 Å². The summed E-state index contributed by atoms with van der Waals surface area (Å²) in [4.78, 5) is 3.48. The average molecular weight is 362 g/mol. The number of hydrogen-bond acceptors (Lipinski definition) is 0. The first kappa shape index (κ1) is 19.8. The molecule has 1 N–H and O–H groups in total. The molecule has 0 bridgehead atoms. The number of fused-ring (bicyclic) bond motifs is 1. The Kier molecular flexibility index (Phi) is 7.31. The second-order valence-corrected chi connectivity index (χ2v) is 7.05. The van der Waals surface area contributed by atoms with Crippen LogP contribution in [-0.2, 0) is 6.42 Å². The third kappa shape index (κ3) is 4.55. The van der Waals surface area contributed by atoms with Gasteiger partial charge in [0.1, 0.15) is 5.82 Å². The fraction of sp³-hybridized carbons (Fsp3) is 0.455. The summed E-state index contributed by atoms with van der Waals surface area (Å²) in [5, 5.41) is 1.25. The van der Waals surface area contributed by atoms with Gasteiger partial charge in [0.05, 0.1) is 5.02 Å². The molecule has 0 saturated heterocycles. The minimum absolute atomic E-state index is 0.193. The fourth-order valence-corrected chi connectivity index (χ4v) is 3.48. The van der Waals surface area contributed by atoms with Gasteiger partial charge in [0.2, 0.25) is 0 Å². The van der Waals surface area contributed by atoms with E-state index in [0.29, 0.717) is 0 Å². The lowest BCUT2D eigenvalue weighted by Gasteiger charge is -2.15. The van der Waals surface area contributed by atoms with E-state index in [1.54, 1.807) is 6.07 Å². The molecule has 0 spiro atoms. The van der Waals surface area contributed by atoms with Crippen LogP contribution in [0.15, 0.2) is 35.9 Å². The maximum atomic E-state index is 13.9. The number of benzene rings is 1. The van der Waals surface area contributed by atoms with Crippen LogP contribution in [0.25, 0.3) is 10.9 Å². The molecule has 0 aliphatic rings. The molecule has 0 fully saturated rings. The third-order valence-corrected chi connectivity index (χ3v) is 5.01. The van der Waals surface area contributed by atoms with Crippen molar-refractivity contribution in [1.29, 1.82) is 0 Å². The zero-order valence-corrected chi connectivity index (χ0v) is 16.5. The van der Waals surface area contributed by atoms with Gasteiger partial charge in [-0.1, -0.05) is 63.4 Å². The first-order valence-electron chi connectivity index (χ1n) is 9.35. The van der Waals surface area contributed by atoms with Crippen molar-refractivity contribution in [3.63, 3.8) is 0 Å². The molecule has 1 unspecified atom stereocenters. The van der Waals surface area contributed by atoms with Gasteiger partial charge in [-0.15, -0.1) is 0 Å². The molecule has 136 valence electrons. The Hall–Kier alpha value is -1.54. The maximum Gasteiger partial charge on any atom is 0.143 e. The molecule has 0 amide bonds. The lowest BCUT2D eigenvalue weighted by molar-refractivity contribution is 0.630. The highest BCUT2D eigenvalue weighted by Crippen LogP contribution is 2.35. The number of aromatic nitrogens is 1. The zero-order chi connectivity index (χ0) is 18.4. The number of rotatable bonds is 8. The van der Waals surface area contributed by atoms with Crippen LogP contribution in [0.2, 0.25) is 5.02 Å². The Balaban J connectivity index is 2.57. The second kappa shape index (κ2) is 9.24. The van der Waals surface area contributed by atoms with Crippen molar-refractivity contribution in [3.8, 4) is 0 Å². The summed E-state index contributed by atoms with van der Waals surface area (Å²) < 4.78 is 13.9. The highest BCUT2D eigenvalue weighted by atomic mass is 35.5. The van der Waals surface area contributed by atoms with E-state index in [2.05, 4.69) is 44.0 Å². The van der Waals surface area contributed by atoms with E-state index in [4.69, 9.17) is 11.6 Å². The number of aryl methyl sites for hydroxylation is 1. The molecular formula is C22H29ClFN. The summed E-state index contributed by atoms with van der Waals surface area (Å²) in [5.41, 5.74) is 4.61. The van der Waals surface area contributed by atoms with Crippen LogP contribution >= 0.6 is 11.6 Å². The number of nitrogens with one attached hydrogen (secondary N) is 1. The van der Waals surface area contributed by atoms with Gasteiger partial charge in [0, 0.05) is 22.5 Å². The molecule has 2 aromatic rings. The lowest BCUT2D eigenvalue weighted by atomic mass is 9.91. The smallest absolute Gasteiger partial charge is 0.143 e. The monoisotopic (exact) mass is 361 g/mol. The number of halogens is 2. The maximum absolute atomic E-state index is 13.9. The van der Waals surface area contributed by atoms with Crippen molar-refractivity contribution < 1.29 is 4.39 Å². The molecule has 1 atom stereocenters. The van der Waals surface area contributed by atoms with Crippen molar-refractivity contribution in [1.82, 2.24) is 4.98 Å². The number of H-pyrrole nitrogens is 1. The standard InChI is InChI=1S/C22H29ClFN/c1-5-8-11-16(10-7-3)15(4)22-17(12-9-6-2)18-13-19(23)20(24)14-21(18)25-22/h7,10-11,13-15,25H,5-6,8-9,12H2,1-4H3/b10-7-,16-11+. The summed E-state index contributed by atoms with van der Waals surface area (Å²) in [6.07, 6.45) is 12.0. The average Bonchev–Trinajstić information content (AvgIpc) is 2.94. The van der Waals surface area contributed by atoms with E-state index in [9.17, 15) is 4.39 Å². The molecule has 0 aliphatic heterocycles. The predicted octanol–water partition coefficient (Wildman–Crippen LogP) is 7.71. The second-order valence-electron chi connectivity index (χ2n) is 6.65. The summed E-state index contributed by atoms with van der Waals surface area (Å²) in [5.74, 6) is -0.129. The van der Waals surface area contributed by atoms with Gasteiger partial charge in [-0.05, 0) is 49.5 Å². The van der Waals surface area contributed by atoms with Crippen molar-refractivity contribution in [2.24, 2.45) is 0 Å². The van der Waals surface area contributed by atoms with Gasteiger partial charge in [-0.25, -0.2) is 4.39 Å². The van der Waals surface area contributed by atoms with Crippen LogP contribution < -0.4 is 0 Å². The van der Waals surface area contributed by atoms with E-state index in [-0.39, 0.29) is 16.8 Å². The minimum Gasteiger partial charge on any atom is -0.358 e. The zero-order valence-electron chi connectivity index (χ0n) is 15.8. The van der Waals surface area contributed by atoms with Gasteiger partial charge in [0.15, 0.2) is 0 Å². The minimum atomic E-state index is -0.369. The van der Waals surface area contributed by atoms with Gasteiger partial charge in [-0.3, -0.25) is 0 Å². The molecule has 25 heavy (non-hydrogen) atoms. The number of aromatic amines is 1. The van der Waals surface area contributed by atoms with Crippen LogP contribution in [0.5, 0.6) is 0 Å². The number of unbranched alkanes of at least 4 members (excludes halogenated alkanes) is 2. The number of hydrogen-bond donors (Lipinski definition) is 1. The molecule has 1 aromatic carbocycles. The van der Waals surface area contributed by atoms with E-state index in [1.807, 2.05) is 6.92 Å². The van der Waals surface area contributed by atoms with Crippen LogP contribution in [0.3, 0.4) is 0 Å². The lowest BCUT2D eigenvalue weighted by Crippen LogP contribution is -2.01. The van der Waals surface area contributed by atoms with E-state index in [1.165, 1.54) is 22.9 Å². The predicted molar refractivity (Wildman–Crippen MR) is 108 cm³/mol. The van der Waals surface area contributed by atoms with Gasteiger partial charge >= 0.3 is 0 Å². The topological polar surface area (TPSA) is 15.8 Å². The van der Waals surface area contributed by atoms with Gasteiger partial charge in [0.25, 0.3) is 0 Å². The highest BCUT2D eigenvalue weighted by molar-refractivity contribution is 6.31. The van der Waals surface area contributed by atoms with Crippen LogP contribution in [0.1, 0.15) is 70.6 Å². The van der Waals surface area contributed by atoms with E-state index >= 15 is 0 Å². The quantitative estimate of drug-likeness (QED) is 0.463. The normalized spacial score (nSPS) is 13.9. The summed E-state index contributed by atoms with van der Waals surface area (Å²) >= 11 is 6.05. The van der Waals surface area contributed by atoms with Crippen molar-refractivity contribution in [2.45, 2.75) is 65.7 Å². The summed E-state index contributed by atoms with van der Waals surface area (Å²) in [6.45, 7) is 8.65. The Bertz CT molecular complexity index is 770. The molecule has 1 nitrogen and oxygen atoms in total. The molecule has 1 heterocycles. The van der Waals surface area contributed by atoms with E-state index in [0.717, 1.165) is 43.0 Å². The molecule has 0 saturated carbocycles. The van der Waals surface area contributed by atoms with Crippen molar-refractivity contribution in [3.05, 3.63) is 58.0 Å². The van der Waals surface area contributed by atoms with Crippen molar-refractivity contribution >= 4 is 22.5 Å². The Morgan fingerprint density at radius 2 is 2.04 bits per heavy atom. The SMILES string of the molecule is C/C=C\C(=C/CCC)C(C)c1[nH]c2cc(F)c(Cl)cc2c1CCCC. The number of allylic oxidation sites excluding steroid dienone is 4. The molecule has 0 aliphatic carbocycles. The first-order chi connectivity index (χ1) is 12.0. The van der Waals surface area contributed by atoms with Crippen LogP contribution in [0.4, 0.5) is 4.39 Å².